The average Bonchev–Trinajstić information content (AvgIpc) is 3.00. The van der Waals surface area contributed by atoms with Crippen molar-refractivity contribution < 1.29 is 22.7 Å². The number of benzene rings is 1. The monoisotopic (exact) mass is 339 g/mol. The minimum atomic E-state index is -3.29. The van der Waals surface area contributed by atoms with E-state index in [2.05, 4.69) is 0 Å². The summed E-state index contributed by atoms with van der Waals surface area (Å²) in [5, 5.41) is 0. The Morgan fingerprint density at radius 3 is 3.00 bits per heavy atom. The Bertz CT molecular complexity index is 687. The number of rotatable bonds is 4. The summed E-state index contributed by atoms with van der Waals surface area (Å²) in [4.78, 5) is 14.5. The Kier molecular flexibility index (Phi) is 4.59. The van der Waals surface area contributed by atoms with Crippen LogP contribution < -0.4 is 4.74 Å². The normalized spacial score (nSPS) is 24.3. The predicted octanol–water partition coefficient (Wildman–Crippen LogP) is 1.25. The molecule has 0 radical (unpaired) electrons. The highest BCUT2D eigenvalue weighted by atomic mass is 32.2. The van der Waals surface area contributed by atoms with Crippen molar-refractivity contribution >= 4 is 15.7 Å². The molecule has 1 aliphatic carbocycles. The van der Waals surface area contributed by atoms with Crippen molar-refractivity contribution in [1.82, 2.24) is 4.90 Å². The van der Waals surface area contributed by atoms with Crippen LogP contribution in [0.5, 0.6) is 5.75 Å². The van der Waals surface area contributed by atoms with E-state index in [0.717, 1.165) is 25.5 Å². The molecule has 23 heavy (non-hydrogen) atoms. The second kappa shape index (κ2) is 6.49. The van der Waals surface area contributed by atoms with E-state index >= 15 is 0 Å². The second-order valence-electron chi connectivity index (χ2n) is 6.03. The smallest absolute Gasteiger partial charge is 0.260 e. The van der Waals surface area contributed by atoms with Gasteiger partial charge in [0.25, 0.3) is 5.91 Å². The van der Waals surface area contributed by atoms with Crippen LogP contribution in [0.4, 0.5) is 0 Å². The van der Waals surface area contributed by atoms with Crippen LogP contribution in [0.1, 0.15) is 19.3 Å². The molecule has 2 atom stereocenters. The van der Waals surface area contributed by atoms with Gasteiger partial charge in [-0.25, -0.2) is 8.42 Å². The first-order valence-corrected chi connectivity index (χ1v) is 9.68. The predicted molar refractivity (Wildman–Crippen MR) is 84.1 cm³/mol. The van der Waals surface area contributed by atoms with Crippen molar-refractivity contribution in [2.75, 3.05) is 26.0 Å². The number of morpholine rings is 1. The standard InChI is InChI=1S/C16H21NO5S/c1-23(19,20)13-5-2-4-12(10-13)22-11-16(18)17-8-9-21-15-7-3-6-14(15)17/h2,4-5,10,14-15H,3,6-9,11H2,1H3/t14-,15+/m1/s1. The van der Waals surface area contributed by atoms with E-state index in [4.69, 9.17) is 9.47 Å². The van der Waals surface area contributed by atoms with Crippen LogP contribution in [0.2, 0.25) is 0 Å². The Hall–Kier alpha value is -1.60. The molecular weight excluding hydrogens is 318 g/mol. The molecule has 1 saturated carbocycles. The number of nitrogens with zero attached hydrogens (tertiary/aromatic N) is 1. The number of amides is 1. The molecule has 126 valence electrons. The molecule has 0 unspecified atom stereocenters. The highest BCUT2D eigenvalue weighted by molar-refractivity contribution is 7.90. The Morgan fingerprint density at radius 1 is 1.39 bits per heavy atom. The Morgan fingerprint density at radius 2 is 2.22 bits per heavy atom. The van der Waals surface area contributed by atoms with Gasteiger partial charge in [0.15, 0.2) is 16.4 Å². The van der Waals surface area contributed by atoms with E-state index in [1.807, 2.05) is 4.90 Å². The van der Waals surface area contributed by atoms with Gasteiger partial charge in [0.05, 0.1) is 23.6 Å². The van der Waals surface area contributed by atoms with Crippen molar-refractivity contribution in [3.05, 3.63) is 24.3 Å². The van der Waals surface area contributed by atoms with E-state index < -0.39 is 9.84 Å². The topological polar surface area (TPSA) is 72.9 Å². The van der Waals surface area contributed by atoms with Crippen LogP contribution in [0, 0.1) is 0 Å². The molecule has 1 aliphatic heterocycles. The summed E-state index contributed by atoms with van der Waals surface area (Å²) in [6.07, 6.45) is 4.36. The van der Waals surface area contributed by atoms with Crippen molar-refractivity contribution in [1.29, 1.82) is 0 Å². The fourth-order valence-electron chi connectivity index (χ4n) is 3.26. The lowest BCUT2D eigenvalue weighted by molar-refractivity contribution is -0.146. The summed E-state index contributed by atoms with van der Waals surface area (Å²) in [5.41, 5.74) is 0. The van der Waals surface area contributed by atoms with E-state index in [1.54, 1.807) is 12.1 Å². The lowest BCUT2D eigenvalue weighted by atomic mass is 10.1. The fraction of sp³-hybridized carbons (Fsp3) is 0.562. The molecule has 0 N–H and O–H groups in total. The summed E-state index contributed by atoms with van der Waals surface area (Å²) in [7, 11) is -3.29. The Labute approximate surface area is 136 Å². The van der Waals surface area contributed by atoms with E-state index in [9.17, 15) is 13.2 Å². The van der Waals surface area contributed by atoms with Crippen molar-refractivity contribution in [2.24, 2.45) is 0 Å². The molecule has 2 aliphatic rings. The van der Waals surface area contributed by atoms with Crippen LogP contribution in [0.15, 0.2) is 29.2 Å². The summed E-state index contributed by atoms with van der Waals surface area (Å²) in [5.74, 6) is 0.312. The van der Waals surface area contributed by atoms with Gasteiger partial charge >= 0.3 is 0 Å². The van der Waals surface area contributed by atoms with Crippen molar-refractivity contribution in [3.63, 3.8) is 0 Å². The summed E-state index contributed by atoms with van der Waals surface area (Å²) < 4.78 is 34.3. The van der Waals surface area contributed by atoms with Gasteiger partial charge in [0, 0.05) is 12.8 Å². The van der Waals surface area contributed by atoms with Gasteiger partial charge in [0.2, 0.25) is 0 Å². The molecule has 1 heterocycles. The first-order valence-electron chi connectivity index (χ1n) is 7.79. The number of ether oxygens (including phenoxy) is 2. The maximum atomic E-state index is 12.4. The average molecular weight is 339 g/mol. The maximum absolute atomic E-state index is 12.4. The van der Waals surface area contributed by atoms with Gasteiger partial charge in [-0.2, -0.15) is 0 Å². The fourth-order valence-corrected chi connectivity index (χ4v) is 3.91. The van der Waals surface area contributed by atoms with Crippen LogP contribution in [-0.4, -0.2) is 57.4 Å². The molecule has 0 aromatic heterocycles. The van der Waals surface area contributed by atoms with E-state index in [-0.39, 0.29) is 29.6 Å². The second-order valence-corrected chi connectivity index (χ2v) is 8.05. The van der Waals surface area contributed by atoms with Gasteiger partial charge in [-0.15, -0.1) is 0 Å². The molecule has 7 heteroatoms. The number of hydrogen-bond donors (Lipinski definition) is 0. The number of fused-ring (bicyclic) bond motifs is 1. The molecule has 0 bridgehead atoms. The summed E-state index contributed by atoms with van der Waals surface area (Å²) in [6.45, 7) is 1.07. The molecule has 1 amide bonds. The minimum absolute atomic E-state index is 0.0741. The third kappa shape index (κ3) is 3.67. The minimum Gasteiger partial charge on any atom is -0.484 e. The zero-order chi connectivity index (χ0) is 16.4. The number of carbonyl (C=O) groups excluding carboxylic acids is 1. The third-order valence-electron chi connectivity index (χ3n) is 4.40. The first kappa shape index (κ1) is 16.3. The number of sulfone groups is 1. The van der Waals surface area contributed by atoms with Gasteiger partial charge in [-0.3, -0.25) is 4.79 Å². The molecule has 6 nitrogen and oxygen atoms in total. The zero-order valence-corrected chi connectivity index (χ0v) is 13.9. The number of hydrogen-bond acceptors (Lipinski definition) is 5. The van der Waals surface area contributed by atoms with Gasteiger partial charge in [-0.05, 0) is 37.5 Å². The third-order valence-corrected chi connectivity index (χ3v) is 5.51. The Balaban J connectivity index is 1.63. The van der Waals surface area contributed by atoms with Crippen LogP contribution in [0.25, 0.3) is 0 Å². The lowest BCUT2D eigenvalue weighted by Crippen LogP contribution is -2.52. The van der Waals surface area contributed by atoms with Gasteiger partial charge in [-0.1, -0.05) is 6.07 Å². The highest BCUT2D eigenvalue weighted by Crippen LogP contribution is 2.29. The summed E-state index contributed by atoms with van der Waals surface area (Å²) >= 11 is 0. The number of carbonyl (C=O) groups is 1. The first-order chi connectivity index (χ1) is 10.9. The van der Waals surface area contributed by atoms with E-state index in [0.29, 0.717) is 18.9 Å². The quantitative estimate of drug-likeness (QED) is 0.825. The van der Waals surface area contributed by atoms with Crippen molar-refractivity contribution in [3.8, 4) is 5.75 Å². The van der Waals surface area contributed by atoms with Gasteiger partial charge < -0.3 is 14.4 Å². The SMILES string of the molecule is CS(=O)(=O)c1cccc(OCC(=O)N2CCO[C@H]3CCC[C@H]32)c1. The van der Waals surface area contributed by atoms with Crippen LogP contribution >= 0.6 is 0 Å². The van der Waals surface area contributed by atoms with Gasteiger partial charge in [0.1, 0.15) is 5.75 Å². The molecule has 1 aromatic carbocycles. The van der Waals surface area contributed by atoms with Crippen LogP contribution in [0.3, 0.4) is 0 Å². The molecule has 1 saturated heterocycles. The summed E-state index contributed by atoms with van der Waals surface area (Å²) in [6, 6.07) is 6.37. The maximum Gasteiger partial charge on any atom is 0.260 e. The highest BCUT2D eigenvalue weighted by Gasteiger charge is 2.38. The zero-order valence-electron chi connectivity index (χ0n) is 13.1. The molecule has 1 aromatic rings. The largest absolute Gasteiger partial charge is 0.484 e. The lowest BCUT2D eigenvalue weighted by Gasteiger charge is -2.37. The van der Waals surface area contributed by atoms with Crippen LogP contribution in [-0.2, 0) is 19.4 Å². The molecule has 0 spiro atoms. The van der Waals surface area contributed by atoms with Crippen molar-refractivity contribution in [2.45, 2.75) is 36.3 Å². The molecule has 2 fully saturated rings. The molecule has 3 rings (SSSR count). The molecular formula is C16H21NO5S. The van der Waals surface area contributed by atoms with E-state index in [1.165, 1.54) is 12.1 Å².